The Balaban J connectivity index is 0.000000338. The number of thiophene rings is 1. The number of nitrogens with two attached hydrogens (primary N) is 1. The zero-order valence-electron chi connectivity index (χ0n) is 19.6. The Labute approximate surface area is 219 Å². The predicted molar refractivity (Wildman–Crippen MR) is 141 cm³/mol. The SMILES string of the molecule is CN(C1CCC(C(=O)Nc2ccc(-n3ccccc3=O)cc2F)C1)S(C)=O.NC(=O)c1ccc(Cl)s1. The molecule has 36 heavy (non-hydrogen) atoms. The van der Waals surface area contributed by atoms with E-state index >= 15 is 0 Å². The van der Waals surface area contributed by atoms with E-state index in [9.17, 15) is 23.0 Å². The maximum Gasteiger partial charge on any atom is 0.258 e. The van der Waals surface area contributed by atoms with Gasteiger partial charge in [-0.05, 0) is 49.6 Å². The Morgan fingerprint density at radius 2 is 1.97 bits per heavy atom. The summed E-state index contributed by atoms with van der Waals surface area (Å²) in [6.45, 7) is 0. The molecule has 1 aliphatic rings. The van der Waals surface area contributed by atoms with Crippen LogP contribution in [0.3, 0.4) is 0 Å². The number of hydrogen-bond acceptors (Lipinski definition) is 5. The third kappa shape index (κ3) is 7.10. The molecule has 2 aromatic heterocycles. The van der Waals surface area contributed by atoms with Gasteiger partial charge in [-0.25, -0.2) is 12.9 Å². The highest BCUT2D eigenvalue weighted by molar-refractivity contribution is 7.81. The summed E-state index contributed by atoms with van der Waals surface area (Å²) in [6.07, 6.45) is 5.23. The highest BCUT2D eigenvalue weighted by Crippen LogP contribution is 2.31. The number of pyridine rings is 1. The lowest BCUT2D eigenvalue weighted by atomic mass is 10.1. The molecule has 1 saturated carbocycles. The van der Waals surface area contributed by atoms with Gasteiger partial charge in [0.15, 0.2) is 0 Å². The van der Waals surface area contributed by atoms with Crippen molar-refractivity contribution in [3.8, 4) is 5.69 Å². The molecule has 2 heterocycles. The molecule has 1 fully saturated rings. The lowest BCUT2D eigenvalue weighted by molar-refractivity contribution is -0.119. The molecule has 192 valence electrons. The molecule has 3 N–H and O–H groups in total. The Hall–Kier alpha value is -2.86. The fourth-order valence-electron chi connectivity index (χ4n) is 3.81. The number of nitrogens with one attached hydrogen (secondary N) is 1. The molecule has 0 radical (unpaired) electrons. The topological polar surface area (TPSA) is 114 Å². The van der Waals surface area contributed by atoms with Crippen LogP contribution in [0.5, 0.6) is 0 Å². The van der Waals surface area contributed by atoms with E-state index in [4.69, 9.17) is 17.3 Å². The standard InChI is InChI=1S/C19H22FN3O3S.C5H4ClNOS/c1-22(27(2)26)14-7-6-13(11-14)19(25)21-17-9-8-15(12-16(17)20)23-10-4-3-5-18(23)24;6-4-2-1-3(9-4)5(7)8/h3-5,8-10,12-14H,6-7,11H2,1-2H3,(H,21,25);1-2H,(H2,7,8). The monoisotopic (exact) mass is 552 g/mol. The van der Waals surface area contributed by atoms with E-state index in [-0.39, 0.29) is 29.1 Å². The lowest BCUT2D eigenvalue weighted by Gasteiger charge is -2.21. The van der Waals surface area contributed by atoms with Gasteiger partial charge in [0.25, 0.3) is 11.5 Å². The van der Waals surface area contributed by atoms with Gasteiger partial charge in [-0.1, -0.05) is 17.7 Å². The summed E-state index contributed by atoms with van der Waals surface area (Å²) in [7, 11) is 0.704. The Morgan fingerprint density at radius 3 is 2.53 bits per heavy atom. The number of rotatable bonds is 6. The normalized spacial score (nSPS) is 17.8. The quantitative estimate of drug-likeness (QED) is 0.484. The Morgan fingerprint density at radius 1 is 1.22 bits per heavy atom. The number of carbonyl (C=O) groups excluding carboxylic acids is 2. The molecule has 0 saturated heterocycles. The fraction of sp³-hybridized carbons (Fsp3) is 0.292. The Kier molecular flexibility index (Phi) is 9.55. The van der Waals surface area contributed by atoms with E-state index in [1.807, 2.05) is 0 Å². The highest BCUT2D eigenvalue weighted by atomic mass is 35.5. The number of hydrogen-bond donors (Lipinski definition) is 2. The molecule has 4 rings (SSSR count). The summed E-state index contributed by atoms with van der Waals surface area (Å²) < 4.78 is 29.7. The van der Waals surface area contributed by atoms with E-state index in [0.29, 0.717) is 27.7 Å². The van der Waals surface area contributed by atoms with Crippen LogP contribution in [0.4, 0.5) is 10.1 Å². The van der Waals surface area contributed by atoms with E-state index in [2.05, 4.69) is 5.32 Å². The first-order valence-corrected chi connectivity index (χ1v) is 13.7. The van der Waals surface area contributed by atoms with Crippen molar-refractivity contribution in [3.63, 3.8) is 0 Å². The average Bonchev–Trinajstić information content (AvgIpc) is 3.50. The second-order valence-corrected chi connectivity index (χ2v) is 11.3. The van der Waals surface area contributed by atoms with Crippen molar-refractivity contribution in [1.29, 1.82) is 0 Å². The maximum absolute atomic E-state index is 14.4. The molecular weight excluding hydrogens is 527 g/mol. The van der Waals surface area contributed by atoms with Crippen molar-refractivity contribution in [1.82, 2.24) is 8.87 Å². The zero-order chi connectivity index (χ0) is 26.4. The second kappa shape index (κ2) is 12.4. The first kappa shape index (κ1) is 27.7. The molecule has 3 atom stereocenters. The maximum atomic E-state index is 14.4. The van der Waals surface area contributed by atoms with Gasteiger partial charge in [-0.2, -0.15) is 0 Å². The summed E-state index contributed by atoms with van der Waals surface area (Å²) in [6, 6.07) is 12.3. The van der Waals surface area contributed by atoms with Crippen LogP contribution >= 0.6 is 22.9 Å². The van der Waals surface area contributed by atoms with Crippen LogP contribution in [0.15, 0.2) is 59.5 Å². The van der Waals surface area contributed by atoms with Crippen LogP contribution < -0.4 is 16.6 Å². The number of carbonyl (C=O) groups is 2. The number of nitrogens with zero attached hydrogens (tertiary/aromatic N) is 2. The number of benzene rings is 1. The third-order valence-corrected chi connectivity index (χ3v) is 8.18. The molecule has 12 heteroatoms. The summed E-state index contributed by atoms with van der Waals surface area (Å²) in [4.78, 5) is 35.2. The van der Waals surface area contributed by atoms with Crippen molar-refractivity contribution in [2.24, 2.45) is 11.7 Å². The molecule has 2 amide bonds. The number of primary amides is 1. The minimum atomic E-state index is -1.08. The molecule has 1 aromatic carbocycles. The van der Waals surface area contributed by atoms with E-state index < -0.39 is 22.7 Å². The first-order valence-electron chi connectivity index (χ1n) is 11.0. The lowest BCUT2D eigenvalue weighted by Crippen LogP contribution is -2.31. The van der Waals surface area contributed by atoms with Crippen molar-refractivity contribution in [2.45, 2.75) is 25.3 Å². The smallest absolute Gasteiger partial charge is 0.258 e. The highest BCUT2D eigenvalue weighted by Gasteiger charge is 2.33. The van der Waals surface area contributed by atoms with Crippen molar-refractivity contribution in [3.05, 3.63) is 80.1 Å². The van der Waals surface area contributed by atoms with Gasteiger partial charge in [-0.3, -0.25) is 19.0 Å². The molecule has 3 unspecified atom stereocenters. The Bertz CT molecular complexity index is 1330. The summed E-state index contributed by atoms with van der Waals surface area (Å²) in [5.74, 6) is -1.50. The minimum Gasteiger partial charge on any atom is -0.365 e. The minimum absolute atomic E-state index is 0.0867. The van der Waals surface area contributed by atoms with Crippen molar-refractivity contribution < 1.29 is 18.2 Å². The average molecular weight is 553 g/mol. The van der Waals surface area contributed by atoms with Crippen LogP contribution in [0, 0.1) is 11.7 Å². The van der Waals surface area contributed by atoms with Gasteiger partial charge in [-0.15, -0.1) is 11.3 Å². The van der Waals surface area contributed by atoms with E-state index in [1.54, 1.807) is 54.1 Å². The molecular formula is C24H26ClFN4O4S2. The predicted octanol–water partition coefficient (Wildman–Crippen LogP) is 3.81. The van der Waals surface area contributed by atoms with Gasteiger partial charge in [0.05, 0.1) is 31.6 Å². The zero-order valence-corrected chi connectivity index (χ0v) is 22.0. The van der Waals surface area contributed by atoms with Crippen molar-refractivity contribution in [2.75, 3.05) is 18.6 Å². The van der Waals surface area contributed by atoms with E-state index in [1.165, 1.54) is 34.1 Å². The van der Waals surface area contributed by atoms with Crippen LogP contribution in [0.2, 0.25) is 4.34 Å². The number of anilines is 1. The fourth-order valence-corrected chi connectivity index (χ4v) is 5.32. The molecule has 0 bridgehead atoms. The molecule has 0 aliphatic heterocycles. The molecule has 1 aliphatic carbocycles. The molecule has 3 aromatic rings. The van der Waals surface area contributed by atoms with Gasteiger partial charge in [0.1, 0.15) is 5.82 Å². The number of aromatic nitrogens is 1. The number of amides is 2. The van der Waals surface area contributed by atoms with Crippen LogP contribution in [-0.2, 0) is 15.8 Å². The van der Waals surface area contributed by atoms with Crippen LogP contribution in [0.25, 0.3) is 5.69 Å². The van der Waals surface area contributed by atoms with Gasteiger partial charge in [0, 0.05) is 43.6 Å². The van der Waals surface area contributed by atoms with E-state index in [0.717, 1.165) is 6.42 Å². The summed E-state index contributed by atoms with van der Waals surface area (Å²) in [5, 5.41) is 2.64. The second-order valence-electron chi connectivity index (χ2n) is 8.16. The first-order chi connectivity index (χ1) is 17.1. The largest absolute Gasteiger partial charge is 0.365 e. The number of halogens is 2. The van der Waals surface area contributed by atoms with Gasteiger partial charge in [0.2, 0.25) is 5.91 Å². The summed E-state index contributed by atoms with van der Waals surface area (Å²) >= 11 is 6.70. The summed E-state index contributed by atoms with van der Waals surface area (Å²) in [5.41, 5.74) is 5.16. The molecule has 8 nitrogen and oxygen atoms in total. The van der Waals surface area contributed by atoms with Gasteiger partial charge >= 0.3 is 0 Å². The van der Waals surface area contributed by atoms with Crippen LogP contribution in [-0.4, -0.2) is 44.2 Å². The van der Waals surface area contributed by atoms with Crippen LogP contribution in [0.1, 0.15) is 28.9 Å². The third-order valence-electron chi connectivity index (χ3n) is 5.82. The van der Waals surface area contributed by atoms with Gasteiger partial charge < -0.3 is 11.1 Å². The van der Waals surface area contributed by atoms with Crippen molar-refractivity contribution >= 4 is 51.4 Å². The molecule has 0 spiro atoms.